The van der Waals surface area contributed by atoms with Gasteiger partial charge in [0, 0.05) is 10.0 Å². The zero-order valence-corrected chi connectivity index (χ0v) is 12.7. The highest BCUT2D eigenvalue weighted by Crippen LogP contribution is 2.59. The second kappa shape index (κ2) is 6.78. The first-order valence-corrected chi connectivity index (χ1v) is 7.95. The summed E-state index contributed by atoms with van der Waals surface area (Å²) in [5.41, 5.74) is 5.96. The van der Waals surface area contributed by atoms with Gasteiger partial charge in [-0.3, -0.25) is 4.57 Å². The van der Waals surface area contributed by atoms with Gasteiger partial charge in [-0.15, -0.1) is 0 Å². The van der Waals surface area contributed by atoms with Crippen molar-refractivity contribution in [3.05, 3.63) is 34.1 Å². The summed E-state index contributed by atoms with van der Waals surface area (Å²) in [6.45, 7) is 3.71. The van der Waals surface area contributed by atoms with Crippen molar-refractivity contribution in [3.8, 4) is 0 Å². The highest BCUT2D eigenvalue weighted by molar-refractivity contribution is 9.10. The van der Waals surface area contributed by atoms with E-state index in [9.17, 15) is 8.96 Å². The fourth-order valence-corrected chi connectivity index (χ4v) is 3.97. The Hall–Kier alpha value is -0.260. The molecule has 4 nitrogen and oxygen atoms in total. The average Bonchev–Trinajstić information content (AvgIpc) is 2.29. The van der Waals surface area contributed by atoms with Crippen LogP contribution in [0.15, 0.2) is 22.7 Å². The molecule has 0 aliphatic heterocycles. The number of hydrogen-bond acceptors (Lipinski definition) is 4. The molecule has 1 aromatic rings. The third-order valence-corrected chi connectivity index (χ3v) is 5.12. The molecule has 1 rings (SSSR count). The molecular formula is C11H16BrFNO3P. The molecule has 0 spiro atoms. The van der Waals surface area contributed by atoms with Crippen LogP contribution >= 0.6 is 23.5 Å². The lowest BCUT2D eigenvalue weighted by Crippen LogP contribution is -2.17. The average molecular weight is 340 g/mol. The van der Waals surface area contributed by atoms with E-state index in [0.29, 0.717) is 4.47 Å². The van der Waals surface area contributed by atoms with Crippen LogP contribution in [0.4, 0.5) is 4.39 Å². The Balaban J connectivity index is 3.17. The van der Waals surface area contributed by atoms with Crippen LogP contribution in [0.25, 0.3) is 0 Å². The van der Waals surface area contributed by atoms with Crippen molar-refractivity contribution in [2.24, 2.45) is 5.73 Å². The molecule has 0 fully saturated rings. The molecule has 0 aliphatic rings. The van der Waals surface area contributed by atoms with Gasteiger partial charge < -0.3 is 14.8 Å². The Morgan fingerprint density at radius 1 is 1.39 bits per heavy atom. The zero-order valence-electron chi connectivity index (χ0n) is 10.2. The molecule has 0 bridgehead atoms. The maximum Gasteiger partial charge on any atom is 0.351 e. The summed E-state index contributed by atoms with van der Waals surface area (Å²) in [6, 6.07) is 4.41. The molecule has 2 N–H and O–H groups in total. The first-order chi connectivity index (χ1) is 8.46. The summed E-state index contributed by atoms with van der Waals surface area (Å²) >= 11 is 3.19. The Kier molecular flexibility index (Phi) is 5.95. The summed E-state index contributed by atoms with van der Waals surface area (Å²) in [7, 11) is -3.58. The molecule has 0 saturated heterocycles. The largest absolute Gasteiger partial charge is 0.351 e. The lowest BCUT2D eigenvalue weighted by atomic mass is 10.2. The fourth-order valence-electron chi connectivity index (χ4n) is 1.51. The van der Waals surface area contributed by atoms with Crippen LogP contribution in [0.5, 0.6) is 0 Å². The van der Waals surface area contributed by atoms with Gasteiger partial charge in [-0.1, -0.05) is 22.0 Å². The molecule has 1 atom stereocenters. The van der Waals surface area contributed by atoms with Crippen molar-refractivity contribution in [2.45, 2.75) is 19.6 Å². The minimum atomic E-state index is -3.58. The van der Waals surface area contributed by atoms with E-state index >= 15 is 0 Å². The lowest BCUT2D eigenvalue weighted by Gasteiger charge is -2.24. The lowest BCUT2D eigenvalue weighted by molar-refractivity contribution is 0.212. The molecule has 0 unspecified atom stereocenters. The van der Waals surface area contributed by atoms with E-state index < -0.39 is 19.2 Å². The summed E-state index contributed by atoms with van der Waals surface area (Å²) < 4.78 is 36.9. The van der Waals surface area contributed by atoms with Gasteiger partial charge in [0.1, 0.15) is 11.6 Å². The van der Waals surface area contributed by atoms with Gasteiger partial charge in [0.25, 0.3) is 0 Å². The molecule has 102 valence electrons. The van der Waals surface area contributed by atoms with Crippen LogP contribution in [-0.2, 0) is 13.6 Å². The summed E-state index contributed by atoms with van der Waals surface area (Å²) in [5, 5.41) is 0. The smallest absolute Gasteiger partial charge is 0.314 e. The van der Waals surface area contributed by atoms with E-state index in [1.54, 1.807) is 19.9 Å². The molecule has 0 heterocycles. The molecule has 18 heavy (non-hydrogen) atoms. The molecule has 1 aromatic carbocycles. The second-order valence-electron chi connectivity index (χ2n) is 3.46. The van der Waals surface area contributed by atoms with Gasteiger partial charge >= 0.3 is 7.60 Å². The molecule has 7 heteroatoms. The van der Waals surface area contributed by atoms with Gasteiger partial charge in [0.2, 0.25) is 0 Å². The minimum Gasteiger partial charge on any atom is -0.314 e. The molecule has 0 aliphatic carbocycles. The number of hydrogen-bond donors (Lipinski definition) is 1. The van der Waals surface area contributed by atoms with Crippen molar-refractivity contribution in [3.63, 3.8) is 0 Å². The standard InChI is InChI=1S/C11H16BrFNO3P/c1-3-16-18(15,17-4-2)11(14)10-8(12)6-5-7-9(10)13/h5-7,11H,3-4,14H2,1-2H3/t11-/m1/s1. The maximum absolute atomic E-state index is 13.8. The van der Waals surface area contributed by atoms with Crippen molar-refractivity contribution < 1.29 is 18.0 Å². The van der Waals surface area contributed by atoms with Crippen LogP contribution in [-0.4, -0.2) is 13.2 Å². The van der Waals surface area contributed by atoms with Gasteiger partial charge in [-0.05, 0) is 26.0 Å². The fraction of sp³-hybridized carbons (Fsp3) is 0.455. The Morgan fingerprint density at radius 3 is 2.39 bits per heavy atom. The Labute approximate surface area is 114 Å². The molecule has 0 saturated carbocycles. The summed E-state index contributed by atoms with van der Waals surface area (Å²) in [4.78, 5) is 0. The third kappa shape index (κ3) is 3.39. The summed E-state index contributed by atoms with van der Waals surface area (Å²) in [5.74, 6) is -1.70. The van der Waals surface area contributed by atoms with Gasteiger partial charge in [-0.2, -0.15) is 0 Å². The highest BCUT2D eigenvalue weighted by Gasteiger charge is 2.36. The van der Waals surface area contributed by atoms with Crippen molar-refractivity contribution in [1.29, 1.82) is 0 Å². The van der Waals surface area contributed by atoms with Crippen LogP contribution in [0.1, 0.15) is 25.2 Å². The van der Waals surface area contributed by atoms with E-state index in [-0.39, 0.29) is 18.8 Å². The van der Waals surface area contributed by atoms with E-state index in [0.717, 1.165) is 0 Å². The van der Waals surface area contributed by atoms with E-state index in [4.69, 9.17) is 14.8 Å². The minimum absolute atomic E-state index is 0.0998. The van der Waals surface area contributed by atoms with E-state index in [2.05, 4.69) is 15.9 Å². The Bertz CT molecular complexity index is 428. The Morgan fingerprint density at radius 2 is 1.94 bits per heavy atom. The molecule has 0 radical (unpaired) electrons. The van der Waals surface area contributed by atoms with Gasteiger partial charge in [0.05, 0.1) is 13.2 Å². The predicted octanol–water partition coefficient (Wildman–Crippen LogP) is 3.81. The first kappa shape index (κ1) is 15.8. The van der Waals surface area contributed by atoms with Gasteiger partial charge in [0.15, 0.2) is 0 Å². The number of benzene rings is 1. The number of halogens is 2. The topological polar surface area (TPSA) is 61.5 Å². The number of rotatable bonds is 6. The van der Waals surface area contributed by atoms with E-state index in [1.807, 2.05) is 0 Å². The SMILES string of the molecule is CCOP(=O)(OCC)[C@@H](N)c1c(F)cccc1Br. The van der Waals surface area contributed by atoms with E-state index in [1.165, 1.54) is 12.1 Å². The highest BCUT2D eigenvalue weighted by atomic mass is 79.9. The molecular weight excluding hydrogens is 324 g/mol. The van der Waals surface area contributed by atoms with Crippen LogP contribution < -0.4 is 5.73 Å². The van der Waals surface area contributed by atoms with Gasteiger partial charge in [-0.25, -0.2) is 4.39 Å². The zero-order chi connectivity index (χ0) is 13.8. The van der Waals surface area contributed by atoms with Crippen LogP contribution in [0, 0.1) is 5.82 Å². The first-order valence-electron chi connectivity index (χ1n) is 5.54. The van der Waals surface area contributed by atoms with Crippen molar-refractivity contribution in [1.82, 2.24) is 0 Å². The predicted molar refractivity (Wildman–Crippen MR) is 71.9 cm³/mol. The quantitative estimate of drug-likeness (QED) is 0.800. The van der Waals surface area contributed by atoms with Crippen LogP contribution in [0.2, 0.25) is 0 Å². The van der Waals surface area contributed by atoms with Crippen molar-refractivity contribution in [2.75, 3.05) is 13.2 Å². The monoisotopic (exact) mass is 339 g/mol. The second-order valence-corrected chi connectivity index (χ2v) is 6.46. The van der Waals surface area contributed by atoms with Crippen molar-refractivity contribution >= 4 is 23.5 Å². The number of nitrogens with two attached hydrogens (primary N) is 1. The van der Waals surface area contributed by atoms with Crippen LogP contribution in [0.3, 0.4) is 0 Å². The third-order valence-electron chi connectivity index (χ3n) is 2.25. The normalized spacial score (nSPS) is 13.6. The maximum atomic E-state index is 13.8. The summed E-state index contributed by atoms with van der Waals surface area (Å²) in [6.07, 6.45) is 0. The molecule has 0 aromatic heterocycles. The molecule has 0 amide bonds.